The fraction of sp³-hybridized carbons (Fsp3) is 0.375. The molecule has 2 N–H and O–H groups in total. The van der Waals surface area contributed by atoms with E-state index in [4.69, 9.17) is 9.26 Å². The molecular weight excluding hydrogens is 312 g/mol. The summed E-state index contributed by atoms with van der Waals surface area (Å²) in [6.07, 6.45) is 0. The number of aromatic nitrogens is 2. The van der Waals surface area contributed by atoms with Crippen molar-refractivity contribution in [2.24, 2.45) is 0 Å². The third-order valence-electron chi connectivity index (χ3n) is 3.15. The van der Waals surface area contributed by atoms with E-state index in [1.807, 2.05) is 6.92 Å². The van der Waals surface area contributed by atoms with Crippen LogP contribution in [0.1, 0.15) is 35.9 Å². The van der Waals surface area contributed by atoms with Crippen molar-refractivity contribution in [1.29, 1.82) is 0 Å². The normalized spacial score (nSPS) is 11.6. The largest absolute Gasteiger partial charge is 0.485 e. The topological polar surface area (TPSA) is 106 Å². The molecule has 8 nitrogen and oxygen atoms in total. The van der Waals surface area contributed by atoms with E-state index >= 15 is 0 Å². The van der Waals surface area contributed by atoms with Gasteiger partial charge < -0.3 is 19.9 Å². The van der Waals surface area contributed by atoms with Crippen molar-refractivity contribution in [3.05, 3.63) is 41.5 Å². The lowest BCUT2D eigenvalue weighted by Crippen LogP contribution is -2.44. The molecule has 1 aromatic carbocycles. The van der Waals surface area contributed by atoms with Gasteiger partial charge in [0, 0.05) is 19.0 Å². The summed E-state index contributed by atoms with van der Waals surface area (Å²) >= 11 is 0. The second-order valence-corrected chi connectivity index (χ2v) is 5.13. The van der Waals surface area contributed by atoms with E-state index in [2.05, 4.69) is 20.8 Å². The van der Waals surface area contributed by atoms with Gasteiger partial charge in [0.15, 0.2) is 6.61 Å². The molecule has 1 aromatic heterocycles. The second-order valence-electron chi connectivity index (χ2n) is 5.13. The number of hydrogen-bond acceptors (Lipinski definition) is 6. The van der Waals surface area contributed by atoms with Crippen LogP contribution in [0.4, 0.5) is 0 Å². The molecule has 128 valence electrons. The van der Waals surface area contributed by atoms with Crippen LogP contribution in [0.3, 0.4) is 0 Å². The molecule has 1 heterocycles. The molecule has 0 radical (unpaired) electrons. The third-order valence-corrected chi connectivity index (χ3v) is 3.15. The van der Waals surface area contributed by atoms with Crippen LogP contribution in [0.25, 0.3) is 0 Å². The molecule has 0 unspecified atom stereocenters. The van der Waals surface area contributed by atoms with Gasteiger partial charge in [0.1, 0.15) is 11.8 Å². The molecule has 0 aliphatic rings. The van der Waals surface area contributed by atoms with Crippen LogP contribution in [0.5, 0.6) is 5.75 Å². The van der Waals surface area contributed by atoms with Crippen molar-refractivity contribution in [2.45, 2.75) is 33.4 Å². The van der Waals surface area contributed by atoms with E-state index < -0.39 is 6.04 Å². The molecule has 24 heavy (non-hydrogen) atoms. The molecule has 2 amide bonds. The van der Waals surface area contributed by atoms with Crippen molar-refractivity contribution < 1.29 is 18.8 Å². The number of hydrogen-bond donors (Lipinski definition) is 2. The van der Waals surface area contributed by atoms with E-state index in [9.17, 15) is 9.59 Å². The highest BCUT2D eigenvalue weighted by atomic mass is 16.5. The van der Waals surface area contributed by atoms with Crippen molar-refractivity contribution in [3.63, 3.8) is 0 Å². The van der Waals surface area contributed by atoms with Crippen LogP contribution in [0.2, 0.25) is 0 Å². The minimum Gasteiger partial charge on any atom is -0.485 e. The van der Waals surface area contributed by atoms with Crippen molar-refractivity contribution in [1.82, 2.24) is 20.8 Å². The smallest absolute Gasteiger partial charge is 0.251 e. The Kier molecular flexibility index (Phi) is 5.89. The predicted molar refractivity (Wildman–Crippen MR) is 85.4 cm³/mol. The van der Waals surface area contributed by atoms with Crippen LogP contribution in [0.15, 0.2) is 28.8 Å². The summed E-state index contributed by atoms with van der Waals surface area (Å²) in [7, 11) is 0. The van der Waals surface area contributed by atoms with Crippen LogP contribution in [0, 0.1) is 6.92 Å². The number of likely N-dealkylation sites (N-methyl/N-ethyl adjacent to an activating group) is 1. The first-order valence-corrected chi connectivity index (χ1v) is 7.60. The summed E-state index contributed by atoms with van der Waals surface area (Å²) < 4.78 is 10.4. The minimum absolute atomic E-state index is 0.178. The van der Waals surface area contributed by atoms with E-state index in [0.29, 0.717) is 29.6 Å². The van der Waals surface area contributed by atoms with Crippen LogP contribution < -0.4 is 15.4 Å². The highest BCUT2D eigenvalue weighted by Gasteiger charge is 2.15. The van der Waals surface area contributed by atoms with Gasteiger partial charge in [-0.2, -0.15) is 4.98 Å². The minimum atomic E-state index is -0.602. The molecule has 0 fully saturated rings. The molecule has 0 saturated carbocycles. The summed E-state index contributed by atoms with van der Waals surface area (Å²) in [6.45, 7) is 5.85. The fourth-order valence-electron chi connectivity index (χ4n) is 1.92. The lowest BCUT2D eigenvalue weighted by atomic mass is 10.2. The lowest BCUT2D eigenvalue weighted by molar-refractivity contribution is -0.122. The number of ether oxygens (including phenoxy) is 1. The molecule has 0 spiro atoms. The Morgan fingerprint density at radius 3 is 2.58 bits per heavy atom. The standard InChI is InChI=1S/C16H20N4O4/c1-4-17-15(21)10(2)18-16(22)12-5-7-13(8-6-12)23-9-14-19-11(3)24-20-14/h5-8,10H,4,9H2,1-3H3,(H,17,21)(H,18,22)/t10-/m1/s1. The van der Waals surface area contributed by atoms with Crippen LogP contribution in [-0.2, 0) is 11.4 Å². The molecule has 0 bridgehead atoms. The Bertz CT molecular complexity index is 696. The maximum Gasteiger partial charge on any atom is 0.251 e. The highest BCUT2D eigenvalue weighted by molar-refractivity contribution is 5.97. The number of carbonyl (C=O) groups is 2. The summed E-state index contributed by atoms with van der Waals surface area (Å²) in [4.78, 5) is 27.7. The Morgan fingerprint density at radius 1 is 1.29 bits per heavy atom. The quantitative estimate of drug-likeness (QED) is 0.789. The number of carbonyl (C=O) groups excluding carboxylic acids is 2. The van der Waals surface area contributed by atoms with Crippen LogP contribution in [-0.4, -0.2) is 34.5 Å². The van der Waals surface area contributed by atoms with Gasteiger partial charge in [-0.3, -0.25) is 9.59 Å². The van der Waals surface area contributed by atoms with Gasteiger partial charge in [-0.05, 0) is 38.1 Å². The van der Waals surface area contributed by atoms with Crippen LogP contribution >= 0.6 is 0 Å². The molecule has 1 atom stereocenters. The molecular formula is C16H20N4O4. The van der Waals surface area contributed by atoms with Gasteiger partial charge in [0.2, 0.25) is 17.6 Å². The number of nitrogens with one attached hydrogen (secondary N) is 2. The van der Waals surface area contributed by atoms with Gasteiger partial charge in [0.05, 0.1) is 0 Å². The summed E-state index contributed by atoms with van der Waals surface area (Å²) in [5, 5.41) is 9.02. The zero-order valence-corrected chi connectivity index (χ0v) is 13.8. The zero-order chi connectivity index (χ0) is 17.5. The number of benzene rings is 1. The highest BCUT2D eigenvalue weighted by Crippen LogP contribution is 2.13. The van der Waals surface area contributed by atoms with Gasteiger partial charge in [-0.15, -0.1) is 0 Å². The van der Waals surface area contributed by atoms with Crippen molar-refractivity contribution in [3.8, 4) is 5.75 Å². The first kappa shape index (κ1) is 17.5. The molecule has 0 aliphatic heterocycles. The van der Waals surface area contributed by atoms with Gasteiger partial charge >= 0.3 is 0 Å². The Labute approximate surface area is 139 Å². The summed E-state index contributed by atoms with van der Waals surface area (Å²) in [6, 6.07) is 5.97. The van der Waals surface area contributed by atoms with Crippen molar-refractivity contribution >= 4 is 11.8 Å². The van der Waals surface area contributed by atoms with Crippen molar-refractivity contribution in [2.75, 3.05) is 6.54 Å². The number of amides is 2. The molecule has 0 saturated heterocycles. The van der Waals surface area contributed by atoms with E-state index in [-0.39, 0.29) is 18.4 Å². The lowest BCUT2D eigenvalue weighted by Gasteiger charge is -2.13. The average molecular weight is 332 g/mol. The van der Waals surface area contributed by atoms with Gasteiger partial charge in [0.25, 0.3) is 5.91 Å². The third kappa shape index (κ3) is 4.80. The number of rotatable bonds is 7. The van der Waals surface area contributed by atoms with Gasteiger partial charge in [-0.1, -0.05) is 5.16 Å². The molecule has 0 aliphatic carbocycles. The SMILES string of the molecule is CCNC(=O)[C@@H](C)NC(=O)c1ccc(OCc2noc(C)n2)cc1. The average Bonchev–Trinajstić information content (AvgIpc) is 2.99. The van der Waals surface area contributed by atoms with E-state index in [0.717, 1.165) is 0 Å². The molecule has 2 aromatic rings. The Morgan fingerprint density at radius 2 is 2.00 bits per heavy atom. The number of aryl methyl sites for hydroxylation is 1. The molecule has 2 rings (SSSR count). The predicted octanol–water partition coefficient (Wildman–Crippen LogP) is 1.21. The van der Waals surface area contributed by atoms with Gasteiger partial charge in [-0.25, -0.2) is 0 Å². The van der Waals surface area contributed by atoms with E-state index in [1.54, 1.807) is 38.1 Å². The molecule has 8 heteroatoms. The number of nitrogens with zero attached hydrogens (tertiary/aromatic N) is 2. The first-order chi connectivity index (χ1) is 11.5. The monoisotopic (exact) mass is 332 g/mol. The summed E-state index contributed by atoms with van der Waals surface area (Å²) in [5.74, 6) is 0.952. The second kappa shape index (κ2) is 8.09. The maximum atomic E-state index is 12.1. The Balaban J connectivity index is 1.88. The first-order valence-electron chi connectivity index (χ1n) is 7.60. The fourth-order valence-corrected chi connectivity index (χ4v) is 1.92. The summed E-state index contributed by atoms with van der Waals surface area (Å²) in [5.41, 5.74) is 0.439. The van der Waals surface area contributed by atoms with E-state index in [1.165, 1.54) is 0 Å². The maximum absolute atomic E-state index is 12.1. The zero-order valence-electron chi connectivity index (χ0n) is 13.8. The Hall–Kier alpha value is -2.90.